The fourth-order valence-electron chi connectivity index (χ4n) is 2.57. The van der Waals surface area contributed by atoms with Crippen LogP contribution in [0.4, 0.5) is 4.39 Å². The van der Waals surface area contributed by atoms with Crippen molar-refractivity contribution in [3.05, 3.63) is 58.4 Å². The molecule has 1 aliphatic rings. The third kappa shape index (κ3) is 3.61. The second-order valence-corrected chi connectivity index (χ2v) is 5.77. The minimum Gasteiger partial charge on any atom is -0.369 e. The Morgan fingerprint density at radius 2 is 2.27 bits per heavy atom. The summed E-state index contributed by atoms with van der Waals surface area (Å²) >= 11 is 6.10. The Kier molecular flexibility index (Phi) is 4.66. The molecule has 0 amide bonds. The lowest BCUT2D eigenvalue weighted by atomic mass is 10.1. The summed E-state index contributed by atoms with van der Waals surface area (Å²) in [5, 5.41) is 0.459. The van der Waals surface area contributed by atoms with Gasteiger partial charge in [0.05, 0.1) is 12.3 Å². The van der Waals surface area contributed by atoms with E-state index in [1.54, 1.807) is 12.3 Å². The average Bonchev–Trinajstić information content (AvgIpc) is 2.50. The van der Waals surface area contributed by atoms with E-state index >= 15 is 0 Å². The molecule has 1 aromatic carbocycles. The number of hydrogen-bond acceptors (Lipinski definition) is 4. The molecule has 0 radical (unpaired) electrons. The van der Waals surface area contributed by atoms with Gasteiger partial charge in [-0.3, -0.25) is 4.90 Å². The topological polar surface area (TPSA) is 38.2 Å². The number of benzene rings is 1. The van der Waals surface area contributed by atoms with Crippen LogP contribution >= 0.6 is 11.6 Å². The number of aryl methyl sites for hydroxylation is 1. The van der Waals surface area contributed by atoms with Crippen molar-refractivity contribution >= 4 is 11.6 Å². The van der Waals surface area contributed by atoms with Crippen LogP contribution in [-0.2, 0) is 11.3 Å². The van der Waals surface area contributed by atoms with Crippen molar-refractivity contribution in [3.63, 3.8) is 0 Å². The van der Waals surface area contributed by atoms with E-state index in [0.29, 0.717) is 18.2 Å². The van der Waals surface area contributed by atoms with Crippen molar-refractivity contribution in [2.24, 2.45) is 0 Å². The Morgan fingerprint density at radius 3 is 3.05 bits per heavy atom. The molecule has 2 heterocycles. The minimum absolute atomic E-state index is 0.0744. The molecule has 0 spiro atoms. The van der Waals surface area contributed by atoms with Crippen molar-refractivity contribution in [1.29, 1.82) is 0 Å². The summed E-state index contributed by atoms with van der Waals surface area (Å²) in [4.78, 5) is 10.8. The molecule has 0 bridgehead atoms. The highest BCUT2D eigenvalue weighted by atomic mass is 35.5. The minimum atomic E-state index is -0.315. The second kappa shape index (κ2) is 6.69. The summed E-state index contributed by atoms with van der Waals surface area (Å²) in [5.74, 6) is 0.421. The largest absolute Gasteiger partial charge is 0.369 e. The van der Waals surface area contributed by atoms with E-state index in [-0.39, 0.29) is 11.9 Å². The normalized spacial score (nSPS) is 19.3. The van der Waals surface area contributed by atoms with E-state index in [2.05, 4.69) is 14.9 Å². The van der Waals surface area contributed by atoms with Crippen molar-refractivity contribution in [3.8, 4) is 0 Å². The van der Waals surface area contributed by atoms with E-state index in [1.807, 2.05) is 13.0 Å². The lowest BCUT2D eigenvalue weighted by molar-refractivity contribution is -0.0351. The maximum absolute atomic E-state index is 13.1. The number of nitrogens with zero attached hydrogens (tertiary/aromatic N) is 3. The van der Waals surface area contributed by atoms with Gasteiger partial charge in [-0.05, 0) is 30.7 Å². The standard InChI is InChI=1S/C16H17ClFN3O/c1-11-19-5-4-15(20-11)16-10-21(6-7-22-16)9-12-2-3-13(18)8-14(12)17/h2-5,8,16H,6-7,9-10H2,1H3/t16-/m0/s1. The van der Waals surface area contributed by atoms with E-state index in [9.17, 15) is 4.39 Å². The first-order valence-corrected chi connectivity index (χ1v) is 7.57. The lowest BCUT2D eigenvalue weighted by Gasteiger charge is -2.32. The molecule has 1 fully saturated rings. The van der Waals surface area contributed by atoms with Crippen molar-refractivity contribution in [1.82, 2.24) is 14.9 Å². The Bertz CT molecular complexity index is 668. The van der Waals surface area contributed by atoms with E-state index in [1.165, 1.54) is 12.1 Å². The van der Waals surface area contributed by atoms with Gasteiger partial charge in [0, 0.05) is 30.9 Å². The molecule has 1 aliphatic heterocycles. The van der Waals surface area contributed by atoms with Gasteiger partial charge in [0.1, 0.15) is 17.7 Å². The molecule has 0 N–H and O–H groups in total. The number of ether oxygens (including phenoxy) is 1. The summed E-state index contributed by atoms with van der Waals surface area (Å²) in [5.41, 5.74) is 1.81. The smallest absolute Gasteiger partial charge is 0.125 e. The van der Waals surface area contributed by atoms with Crippen molar-refractivity contribution in [2.45, 2.75) is 19.6 Å². The van der Waals surface area contributed by atoms with Crippen LogP contribution < -0.4 is 0 Å². The van der Waals surface area contributed by atoms with Gasteiger partial charge in [-0.15, -0.1) is 0 Å². The number of aromatic nitrogens is 2. The zero-order valence-electron chi connectivity index (χ0n) is 12.3. The van der Waals surface area contributed by atoms with Crippen molar-refractivity contribution in [2.75, 3.05) is 19.7 Å². The molecule has 3 rings (SSSR count). The Balaban J connectivity index is 1.70. The third-order valence-corrected chi connectivity index (χ3v) is 4.04. The first-order chi connectivity index (χ1) is 10.6. The van der Waals surface area contributed by atoms with Gasteiger partial charge >= 0.3 is 0 Å². The third-order valence-electron chi connectivity index (χ3n) is 3.69. The van der Waals surface area contributed by atoms with Gasteiger partial charge in [-0.1, -0.05) is 17.7 Å². The van der Waals surface area contributed by atoms with Crippen LogP contribution in [0.2, 0.25) is 5.02 Å². The second-order valence-electron chi connectivity index (χ2n) is 5.36. The van der Waals surface area contributed by atoms with E-state index in [4.69, 9.17) is 16.3 Å². The fraction of sp³-hybridized carbons (Fsp3) is 0.375. The zero-order valence-corrected chi connectivity index (χ0v) is 13.1. The SMILES string of the molecule is Cc1nccc([C@@H]2CN(Cc3ccc(F)cc3Cl)CCO2)n1. The fourth-order valence-corrected chi connectivity index (χ4v) is 2.80. The molecule has 6 heteroatoms. The number of morpholine rings is 1. The van der Waals surface area contributed by atoms with E-state index in [0.717, 1.165) is 30.2 Å². The summed E-state index contributed by atoms with van der Waals surface area (Å²) in [7, 11) is 0. The van der Waals surface area contributed by atoms with Gasteiger partial charge in [0.2, 0.25) is 0 Å². The van der Waals surface area contributed by atoms with Crippen LogP contribution in [0.25, 0.3) is 0 Å². The molecule has 22 heavy (non-hydrogen) atoms. The highest BCUT2D eigenvalue weighted by Gasteiger charge is 2.23. The Morgan fingerprint density at radius 1 is 1.41 bits per heavy atom. The molecule has 1 atom stereocenters. The van der Waals surface area contributed by atoms with Crippen LogP contribution in [0.15, 0.2) is 30.5 Å². The highest BCUT2D eigenvalue weighted by molar-refractivity contribution is 6.31. The predicted molar refractivity (Wildman–Crippen MR) is 82.1 cm³/mol. The molecule has 0 unspecified atom stereocenters. The van der Waals surface area contributed by atoms with Crippen LogP contribution in [0.5, 0.6) is 0 Å². The highest BCUT2D eigenvalue weighted by Crippen LogP contribution is 2.24. The first kappa shape index (κ1) is 15.3. The maximum Gasteiger partial charge on any atom is 0.125 e. The number of rotatable bonds is 3. The molecular formula is C16H17ClFN3O. The van der Waals surface area contributed by atoms with Gasteiger partial charge in [-0.25, -0.2) is 14.4 Å². The molecule has 4 nitrogen and oxygen atoms in total. The summed E-state index contributed by atoms with van der Waals surface area (Å²) in [6.45, 7) is 4.70. The molecule has 1 aromatic heterocycles. The number of halogens is 2. The monoisotopic (exact) mass is 321 g/mol. The maximum atomic E-state index is 13.1. The van der Waals surface area contributed by atoms with Gasteiger partial charge in [0.15, 0.2) is 0 Å². The quantitative estimate of drug-likeness (QED) is 0.870. The first-order valence-electron chi connectivity index (χ1n) is 7.19. The van der Waals surface area contributed by atoms with Crippen molar-refractivity contribution < 1.29 is 9.13 Å². The molecule has 2 aromatic rings. The van der Waals surface area contributed by atoms with Crippen LogP contribution in [0.1, 0.15) is 23.2 Å². The summed E-state index contributed by atoms with van der Waals surface area (Å²) < 4.78 is 18.9. The summed E-state index contributed by atoms with van der Waals surface area (Å²) in [6, 6.07) is 6.40. The molecule has 0 saturated carbocycles. The van der Waals surface area contributed by atoms with E-state index < -0.39 is 0 Å². The molecule has 116 valence electrons. The molecule has 1 saturated heterocycles. The average molecular weight is 322 g/mol. The van der Waals surface area contributed by atoms with Gasteiger partial charge in [0.25, 0.3) is 0 Å². The van der Waals surface area contributed by atoms with Crippen LogP contribution in [-0.4, -0.2) is 34.6 Å². The molecular weight excluding hydrogens is 305 g/mol. The zero-order chi connectivity index (χ0) is 15.5. The van der Waals surface area contributed by atoms with Gasteiger partial charge in [-0.2, -0.15) is 0 Å². The predicted octanol–water partition coefficient (Wildman–Crippen LogP) is 3.15. The summed E-state index contributed by atoms with van der Waals surface area (Å²) in [6.07, 6.45) is 1.67. The Hall–Kier alpha value is -1.56. The van der Waals surface area contributed by atoms with Crippen LogP contribution in [0.3, 0.4) is 0 Å². The Labute approximate surface area is 133 Å². The number of hydrogen-bond donors (Lipinski definition) is 0. The molecule has 0 aliphatic carbocycles. The van der Waals surface area contributed by atoms with Gasteiger partial charge < -0.3 is 4.74 Å². The van der Waals surface area contributed by atoms with Crippen LogP contribution in [0, 0.1) is 12.7 Å². The lowest BCUT2D eigenvalue weighted by Crippen LogP contribution is -2.38.